The number of amides is 1. The summed E-state index contributed by atoms with van der Waals surface area (Å²) in [5, 5.41) is 0.827. The monoisotopic (exact) mass is 413 g/mol. The maximum absolute atomic E-state index is 12.9. The van der Waals surface area contributed by atoms with Gasteiger partial charge < -0.3 is 18.8 Å². The van der Waals surface area contributed by atoms with Gasteiger partial charge in [-0.15, -0.1) is 0 Å². The van der Waals surface area contributed by atoms with Crippen molar-refractivity contribution in [3.8, 4) is 0 Å². The molecule has 4 rings (SSSR count). The molecule has 2 aromatic rings. The van der Waals surface area contributed by atoms with E-state index in [4.69, 9.17) is 13.9 Å². The second-order valence-electron chi connectivity index (χ2n) is 9.85. The summed E-state index contributed by atoms with van der Waals surface area (Å²) in [6.45, 7) is 9.95. The minimum atomic E-state index is -0.622. The molecule has 1 aliphatic carbocycles. The molecule has 1 amide bonds. The molecule has 2 fully saturated rings. The summed E-state index contributed by atoms with van der Waals surface area (Å²) < 4.78 is 16.7. The highest BCUT2D eigenvalue weighted by atomic mass is 16.5. The molecule has 2 heterocycles. The Bertz CT molecular complexity index is 962. The Balaban J connectivity index is 1.46. The average molecular weight is 414 g/mol. The largest absolute Gasteiger partial charge is 0.450 e. The fraction of sp³-hybridized carbons (Fsp3) is 0.583. The normalized spacial score (nSPS) is 24.9. The fourth-order valence-electron chi connectivity index (χ4n) is 5.64. The first kappa shape index (κ1) is 20.9. The van der Waals surface area contributed by atoms with Gasteiger partial charge in [0.1, 0.15) is 5.58 Å². The minimum absolute atomic E-state index is 0.116. The number of carbonyl (C=O) groups is 2. The molecule has 30 heavy (non-hydrogen) atoms. The van der Waals surface area contributed by atoms with Gasteiger partial charge in [0, 0.05) is 30.1 Å². The Labute approximate surface area is 177 Å². The van der Waals surface area contributed by atoms with E-state index in [1.807, 2.05) is 30.0 Å². The first-order valence-corrected chi connectivity index (χ1v) is 10.8. The number of furan rings is 1. The highest BCUT2D eigenvalue weighted by molar-refractivity contribution is 5.96. The van der Waals surface area contributed by atoms with Crippen molar-refractivity contribution in [2.75, 3.05) is 19.8 Å². The predicted octanol–water partition coefficient (Wildman–Crippen LogP) is 4.55. The van der Waals surface area contributed by atoms with Gasteiger partial charge in [-0.1, -0.05) is 39.0 Å². The lowest BCUT2D eigenvalue weighted by Gasteiger charge is -2.39. The molecule has 0 N–H and O–H groups in total. The third kappa shape index (κ3) is 3.97. The summed E-state index contributed by atoms with van der Waals surface area (Å²) in [6.07, 6.45) is 3.13. The Morgan fingerprint density at radius 2 is 1.97 bits per heavy atom. The standard InChI is InChI=1S/C24H31NO5/c1-5-28-12-18-17-8-6-7-9-19(17)30-21(18)22(27)29-13-20(26)25-15-24(4)11-16(25)10-23(2,3)14-24/h6-9,16H,5,10-15H2,1-4H3. The fourth-order valence-corrected chi connectivity index (χ4v) is 5.64. The quantitative estimate of drug-likeness (QED) is 0.650. The van der Waals surface area contributed by atoms with Crippen molar-refractivity contribution in [3.63, 3.8) is 0 Å². The van der Waals surface area contributed by atoms with E-state index in [1.165, 1.54) is 0 Å². The van der Waals surface area contributed by atoms with E-state index in [2.05, 4.69) is 20.8 Å². The lowest BCUT2D eigenvalue weighted by Crippen LogP contribution is -2.39. The number of fused-ring (bicyclic) bond motifs is 3. The Morgan fingerprint density at radius 1 is 1.20 bits per heavy atom. The third-order valence-electron chi connectivity index (χ3n) is 6.40. The SMILES string of the molecule is CCOCc1c(C(=O)OCC(=O)N2CC3(C)CC2CC(C)(C)C3)oc2ccccc12. The van der Waals surface area contributed by atoms with Crippen molar-refractivity contribution in [2.45, 2.75) is 59.6 Å². The van der Waals surface area contributed by atoms with E-state index in [1.54, 1.807) is 6.07 Å². The van der Waals surface area contributed by atoms with Gasteiger partial charge in [-0.3, -0.25) is 4.79 Å². The molecular weight excluding hydrogens is 382 g/mol. The van der Waals surface area contributed by atoms with Gasteiger partial charge in [-0.25, -0.2) is 4.79 Å². The Hall–Kier alpha value is -2.34. The van der Waals surface area contributed by atoms with Crippen LogP contribution in [-0.2, 0) is 20.9 Å². The molecule has 6 heteroatoms. The first-order valence-electron chi connectivity index (χ1n) is 10.8. The van der Waals surface area contributed by atoms with Crippen molar-refractivity contribution in [1.29, 1.82) is 0 Å². The molecule has 1 aliphatic heterocycles. The smallest absolute Gasteiger partial charge is 0.375 e. The number of likely N-dealkylation sites (tertiary alicyclic amines) is 1. The summed E-state index contributed by atoms with van der Waals surface area (Å²) in [6, 6.07) is 7.66. The lowest BCUT2D eigenvalue weighted by molar-refractivity contribution is -0.135. The van der Waals surface area contributed by atoms with Gasteiger partial charge in [0.05, 0.1) is 6.61 Å². The Morgan fingerprint density at radius 3 is 2.73 bits per heavy atom. The topological polar surface area (TPSA) is 69.0 Å². The average Bonchev–Trinajstić information content (AvgIpc) is 3.17. The number of benzene rings is 1. The minimum Gasteiger partial charge on any atom is -0.450 e. The van der Waals surface area contributed by atoms with Crippen LogP contribution in [0.25, 0.3) is 11.0 Å². The summed E-state index contributed by atoms with van der Waals surface area (Å²) in [4.78, 5) is 27.6. The van der Waals surface area contributed by atoms with Crippen molar-refractivity contribution in [2.24, 2.45) is 10.8 Å². The first-order chi connectivity index (χ1) is 14.2. The van der Waals surface area contributed by atoms with Gasteiger partial charge in [0.2, 0.25) is 5.76 Å². The van der Waals surface area contributed by atoms with Crippen LogP contribution < -0.4 is 0 Å². The summed E-state index contributed by atoms with van der Waals surface area (Å²) in [5.74, 6) is -0.633. The zero-order valence-corrected chi connectivity index (χ0v) is 18.3. The summed E-state index contributed by atoms with van der Waals surface area (Å²) in [7, 11) is 0. The number of carbonyl (C=O) groups excluding carboxylic acids is 2. The van der Waals surface area contributed by atoms with Gasteiger partial charge in [-0.2, -0.15) is 0 Å². The predicted molar refractivity (Wildman–Crippen MR) is 113 cm³/mol. The molecule has 2 atom stereocenters. The van der Waals surface area contributed by atoms with E-state index in [-0.39, 0.29) is 41.8 Å². The van der Waals surface area contributed by atoms with Crippen LogP contribution in [0.4, 0.5) is 0 Å². The van der Waals surface area contributed by atoms with Gasteiger partial charge in [-0.05, 0) is 43.1 Å². The molecule has 2 bridgehead atoms. The van der Waals surface area contributed by atoms with Crippen LogP contribution in [0.5, 0.6) is 0 Å². The lowest BCUT2D eigenvalue weighted by atomic mass is 9.65. The van der Waals surface area contributed by atoms with Crippen LogP contribution in [0.1, 0.15) is 63.1 Å². The van der Waals surface area contributed by atoms with E-state index < -0.39 is 5.97 Å². The highest BCUT2D eigenvalue weighted by Gasteiger charge is 2.51. The molecule has 2 aliphatic rings. The van der Waals surface area contributed by atoms with Crippen LogP contribution in [0.3, 0.4) is 0 Å². The molecule has 1 saturated heterocycles. The third-order valence-corrected chi connectivity index (χ3v) is 6.40. The zero-order chi connectivity index (χ0) is 21.5. The molecule has 0 spiro atoms. The van der Waals surface area contributed by atoms with E-state index in [0.717, 1.165) is 31.2 Å². The molecule has 1 saturated carbocycles. The van der Waals surface area contributed by atoms with E-state index in [9.17, 15) is 9.59 Å². The molecule has 1 aromatic heterocycles. The van der Waals surface area contributed by atoms with E-state index in [0.29, 0.717) is 17.8 Å². The number of hydrogen-bond acceptors (Lipinski definition) is 5. The van der Waals surface area contributed by atoms with Crippen molar-refractivity contribution < 1.29 is 23.5 Å². The van der Waals surface area contributed by atoms with Crippen LogP contribution in [0.15, 0.2) is 28.7 Å². The second-order valence-corrected chi connectivity index (χ2v) is 9.85. The molecular formula is C24H31NO5. The molecule has 2 unspecified atom stereocenters. The number of esters is 1. The van der Waals surface area contributed by atoms with Gasteiger partial charge >= 0.3 is 5.97 Å². The maximum Gasteiger partial charge on any atom is 0.375 e. The highest BCUT2D eigenvalue weighted by Crippen LogP contribution is 2.52. The number of ether oxygens (including phenoxy) is 2. The summed E-state index contributed by atoms with van der Waals surface area (Å²) >= 11 is 0. The van der Waals surface area contributed by atoms with Crippen LogP contribution in [0, 0.1) is 10.8 Å². The van der Waals surface area contributed by atoms with Crippen LogP contribution in [-0.4, -0.2) is 42.6 Å². The zero-order valence-electron chi connectivity index (χ0n) is 18.3. The van der Waals surface area contributed by atoms with Crippen LogP contribution in [0.2, 0.25) is 0 Å². The molecule has 0 radical (unpaired) electrons. The summed E-state index contributed by atoms with van der Waals surface area (Å²) in [5.41, 5.74) is 1.64. The van der Waals surface area contributed by atoms with Gasteiger partial charge in [0.25, 0.3) is 5.91 Å². The van der Waals surface area contributed by atoms with Crippen molar-refractivity contribution >= 4 is 22.8 Å². The van der Waals surface area contributed by atoms with Crippen LogP contribution >= 0.6 is 0 Å². The number of para-hydroxylation sites is 1. The van der Waals surface area contributed by atoms with Crippen molar-refractivity contribution in [1.82, 2.24) is 4.90 Å². The number of hydrogen-bond donors (Lipinski definition) is 0. The van der Waals surface area contributed by atoms with E-state index >= 15 is 0 Å². The number of rotatable bonds is 6. The molecule has 6 nitrogen and oxygen atoms in total. The number of nitrogens with zero attached hydrogens (tertiary/aromatic N) is 1. The molecule has 1 aromatic carbocycles. The van der Waals surface area contributed by atoms with Crippen molar-refractivity contribution in [3.05, 3.63) is 35.6 Å². The second kappa shape index (κ2) is 7.73. The molecule has 162 valence electrons. The van der Waals surface area contributed by atoms with Gasteiger partial charge in [0.15, 0.2) is 6.61 Å². The Kier molecular flexibility index (Phi) is 5.39. The maximum atomic E-state index is 12.9.